The fraction of sp³-hybridized carbons (Fsp3) is 0. The Balaban J connectivity index is 1.68. The zero-order chi connectivity index (χ0) is 19.7. The molecule has 0 aliphatic rings. The molecule has 0 aliphatic heterocycles. The van der Waals surface area contributed by atoms with E-state index < -0.39 is 23.0 Å². The SMILES string of the molecule is O=C(Oc1ccc(-c2cc(=O)c3c(F)cccc3[nH]2)c(F)c1)c1cccnc1. The van der Waals surface area contributed by atoms with Crippen LogP contribution in [0.2, 0.25) is 0 Å². The lowest BCUT2D eigenvalue weighted by molar-refractivity contribution is 0.0734. The van der Waals surface area contributed by atoms with Crippen molar-refractivity contribution in [1.29, 1.82) is 0 Å². The standard InChI is InChI=1S/C21H12F2N2O3/c22-15-4-1-5-17-20(15)19(26)10-18(25-17)14-7-6-13(9-16(14)23)28-21(27)12-3-2-8-24-11-12/h1-11H,(H,25,26). The summed E-state index contributed by atoms with van der Waals surface area (Å²) in [6.45, 7) is 0. The summed E-state index contributed by atoms with van der Waals surface area (Å²) < 4.78 is 33.6. The zero-order valence-corrected chi connectivity index (χ0v) is 14.3. The van der Waals surface area contributed by atoms with Crippen molar-refractivity contribution in [3.05, 3.63) is 94.4 Å². The highest BCUT2D eigenvalue weighted by atomic mass is 19.1. The Morgan fingerprint density at radius 2 is 1.86 bits per heavy atom. The first-order valence-corrected chi connectivity index (χ1v) is 8.26. The summed E-state index contributed by atoms with van der Waals surface area (Å²) in [5.74, 6) is -2.02. The van der Waals surface area contributed by atoms with Gasteiger partial charge in [-0.05, 0) is 36.4 Å². The van der Waals surface area contributed by atoms with Crippen LogP contribution in [0.4, 0.5) is 8.78 Å². The predicted octanol–water partition coefficient (Wildman–Crippen LogP) is 4.09. The van der Waals surface area contributed by atoms with Gasteiger partial charge in [-0.1, -0.05) is 6.07 Å². The average molecular weight is 378 g/mol. The third-order valence-corrected chi connectivity index (χ3v) is 4.14. The first kappa shape index (κ1) is 17.5. The van der Waals surface area contributed by atoms with Crippen molar-refractivity contribution in [2.75, 3.05) is 0 Å². The van der Waals surface area contributed by atoms with Crippen molar-refractivity contribution in [3.8, 4) is 17.0 Å². The summed E-state index contributed by atoms with van der Waals surface area (Å²) in [5, 5.41) is -0.0892. The number of carbonyl (C=O) groups excluding carboxylic acids is 1. The molecule has 4 aromatic rings. The molecule has 0 saturated carbocycles. The van der Waals surface area contributed by atoms with E-state index in [1.54, 1.807) is 6.07 Å². The molecule has 2 aromatic carbocycles. The minimum Gasteiger partial charge on any atom is -0.423 e. The van der Waals surface area contributed by atoms with Gasteiger partial charge in [-0.15, -0.1) is 0 Å². The monoisotopic (exact) mass is 378 g/mol. The molecular formula is C21H12F2N2O3. The van der Waals surface area contributed by atoms with E-state index in [1.165, 1.54) is 48.8 Å². The molecule has 0 amide bonds. The highest BCUT2D eigenvalue weighted by Crippen LogP contribution is 2.26. The number of H-pyrrole nitrogens is 1. The van der Waals surface area contributed by atoms with Gasteiger partial charge in [-0.3, -0.25) is 9.78 Å². The Hall–Kier alpha value is -3.87. The molecule has 7 heteroatoms. The second kappa shape index (κ2) is 7.03. The van der Waals surface area contributed by atoms with E-state index in [-0.39, 0.29) is 33.5 Å². The molecule has 138 valence electrons. The van der Waals surface area contributed by atoms with Crippen molar-refractivity contribution in [2.24, 2.45) is 0 Å². The molecule has 4 rings (SSSR count). The minimum absolute atomic E-state index is 0.00397. The van der Waals surface area contributed by atoms with E-state index in [0.717, 1.165) is 12.1 Å². The van der Waals surface area contributed by atoms with E-state index in [0.29, 0.717) is 0 Å². The predicted molar refractivity (Wildman–Crippen MR) is 99.1 cm³/mol. The van der Waals surface area contributed by atoms with Crippen molar-refractivity contribution in [2.45, 2.75) is 0 Å². The number of ether oxygens (including phenoxy) is 1. The topological polar surface area (TPSA) is 72.1 Å². The number of carbonyl (C=O) groups is 1. The van der Waals surface area contributed by atoms with Gasteiger partial charge in [0.1, 0.15) is 17.4 Å². The number of esters is 1. The van der Waals surface area contributed by atoms with E-state index in [9.17, 15) is 18.4 Å². The van der Waals surface area contributed by atoms with Gasteiger partial charge in [0.05, 0.1) is 22.2 Å². The Morgan fingerprint density at radius 1 is 1.00 bits per heavy atom. The van der Waals surface area contributed by atoms with Crippen LogP contribution in [-0.4, -0.2) is 15.9 Å². The van der Waals surface area contributed by atoms with Crippen LogP contribution in [0.5, 0.6) is 5.75 Å². The molecule has 28 heavy (non-hydrogen) atoms. The quantitative estimate of drug-likeness (QED) is 0.431. The highest BCUT2D eigenvalue weighted by molar-refractivity contribution is 5.90. The Bertz CT molecular complexity index is 1250. The number of pyridine rings is 2. The number of benzene rings is 2. The summed E-state index contributed by atoms with van der Waals surface area (Å²) in [5.41, 5.74) is 0.199. The van der Waals surface area contributed by atoms with Crippen LogP contribution in [0.3, 0.4) is 0 Å². The van der Waals surface area contributed by atoms with Crippen molar-refractivity contribution in [1.82, 2.24) is 9.97 Å². The smallest absolute Gasteiger partial charge is 0.345 e. The summed E-state index contributed by atoms with van der Waals surface area (Å²) in [4.78, 5) is 30.9. The molecule has 2 heterocycles. The van der Waals surface area contributed by atoms with E-state index in [4.69, 9.17) is 4.74 Å². The molecule has 0 saturated heterocycles. The molecule has 0 aliphatic carbocycles. The molecule has 2 aromatic heterocycles. The summed E-state index contributed by atoms with van der Waals surface area (Å²) in [6, 6.07) is 12.2. The first-order valence-electron chi connectivity index (χ1n) is 8.26. The molecule has 0 spiro atoms. The maximum absolute atomic E-state index is 14.6. The maximum atomic E-state index is 14.6. The van der Waals surface area contributed by atoms with Gasteiger partial charge in [-0.25, -0.2) is 13.6 Å². The molecule has 0 atom stereocenters. The van der Waals surface area contributed by atoms with E-state index in [2.05, 4.69) is 9.97 Å². The molecular weight excluding hydrogens is 366 g/mol. The summed E-state index contributed by atoms with van der Waals surface area (Å²) >= 11 is 0. The minimum atomic E-state index is -0.706. The van der Waals surface area contributed by atoms with Crippen molar-refractivity contribution >= 4 is 16.9 Å². The number of aromatic nitrogens is 2. The van der Waals surface area contributed by atoms with Crippen LogP contribution in [0.1, 0.15) is 10.4 Å². The number of rotatable bonds is 3. The largest absolute Gasteiger partial charge is 0.423 e. The fourth-order valence-corrected chi connectivity index (χ4v) is 2.84. The molecule has 0 bridgehead atoms. The zero-order valence-electron chi connectivity index (χ0n) is 14.3. The highest BCUT2D eigenvalue weighted by Gasteiger charge is 2.14. The van der Waals surface area contributed by atoms with Crippen LogP contribution >= 0.6 is 0 Å². The first-order chi connectivity index (χ1) is 13.5. The molecule has 0 unspecified atom stereocenters. The lowest BCUT2D eigenvalue weighted by atomic mass is 10.1. The maximum Gasteiger partial charge on any atom is 0.345 e. The summed E-state index contributed by atoms with van der Waals surface area (Å²) in [6.07, 6.45) is 2.85. The number of aromatic amines is 1. The average Bonchev–Trinajstić information content (AvgIpc) is 2.68. The van der Waals surface area contributed by atoms with Crippen LogP contribution in [-0.2, 0) is 0 Å². The van der Waals surface area contributed by atoms with Crippen LogP contribution in [0.15, 0.2) is 71.8 Å². The third kappa shape index (κ3) is 3.25. The Labute approximate surface area is 157 Å². The molecule has 1 N–H and O–H groups in total. The van der Waals surface area contributed by atoms with Gasteiger partial charge >= 0.3 is 5.97 Å². The number of halogens is 2. The van der Waals surface area contributed by atoms with Gasteiger partial charge in [0.2, 0.25) is 0 Å². The normalized spacial score (nSPS) is 10.8. The van der Waals surface area contributed by atoms with E-state index >= 15 is 0 Å². The second-order valence-corrected chi connectivity index (χ2v) is 5.98. The van der Waals surface area contributed by atoms with Crippen molar-refractivity contribution in [3.63, 3.8) is 0 Å². The van der Waals surface area contributed by atoms with E-state index in [1.807, 2.05) is 0 Å². The number of nitrogens with zero attached hydrogens (tertiary/aromatic N) is 1. The lowest BCUT2D eigenvalue weighted by Crippen LogP contribution is -2.09. The fourth-order valence-electron chi connectivity index (χ4n) is 2.84. The van der Waals surface area contributed by atoms with Gasteiger partial charge in [0, 0.05) is 30.1 Å². The number of hydrogen-bond acceptors (Lipinski definition) is 4. The summed E-state index contributed by atoms with van der Waals surface area (Å²) in [7, 11) is 0. The molecule has 0 radical (unpaired) electrons. The van der Waals surface area contributed by atoms with Gasteiger partial charge < -0.3 is 9.72 Å². The molecule has 0 fully saturated rings. The Kier molecular flexibility index (Phi) is 4.41. The molecule has 5 nitrogen and oxygen atoms in total. The van der Waals surface area contributed by atoms with Crippen LogP contribution in [0, 0.1) is 11.6 Å². The van der Waals surface area contributed by atoms with Gasteiger partial charge in [-0.2, -0.15) is 0 Å². The Morgan fingerprint density at radius 3 is 2.61 bits per heavy atom. The third-order valence-electron chi connectivity index (χ3n) is 4.14. The van der Waals surface area contributed by atoms with Gasteiger partial charge in [0.25, 0.3) is 0 Å². The number of nitrogens with one attached hydrogen (secondary N) is 1. The van der Waals surface area contributed by atoms with Gasteiger partial charge in [0.15, 0.2) is 5.43 Å². The number of hydrogen-bond donors (Lipinski definition) is 1. The second-order valence-electron chi connectivity index (χ2n) is 5.98. The number of fused-ring (bicyclic) bond motifs is 1. The van der Waals surface area contributed by atoms with Crippen LogP contribution < -0.4 is 10.2 Å². The lowest BCUT2D eigenvalue weighted by Gasteiger charge is -2.09. The van der Waals surface area contributed by atoms with Crippen LogP contribution in [0.25, 0.3) is 22.2 Å². The van der Waals surface area contributed by atoms with Crippen molar-refractivity contribution < 1.29 is 18.3 Å².